The van der Waals surface area contributed by atoms with Gasteiger partial charge >= 0.3 is 0 Å². The molecule has 0 heterocycles. The number of hydrogen-bond donors (Lipinski definition) is 1. The molecule has 0 aromatic heterocycles. The third-order valence-electron chi connectivity index (χ3n) is 2.59. The van der Waals surface area contributed by atoms with E-state index in [4.69, 9.17) is 10.5 Å². The molecule has 0 saturated heterocycles. The van der Waals surface area contributed by atoms with Gasteiger partial charge in [0.05, 0.1) is 6.61 Å². The Bertz CT molecular complexity index is 307. The molecule has 2 heteroatoms. The minimum Gasteiger partial charge on any atom is -0.493 e. The van der Waals surface area contributed by atoms with Crippen LogP contribution in [0.25, 0.3) is 0 Å². The number of rotatable bonds is 6. The van der Waals surface area contributed by atoms with Crippen molar-refractivity contribution in [2.24, 2.45) is 11.7 Å². The highest BCUT2D eigenvalue weighted by atomic mass is 16.5. The molecule has 0 spiro atoms. The highest BCUT2D eigenvalue weighted by Gasteiger charge is 2.06. The van der Waals surface area contributed by atoms with E-state index < -0.39 is 0 Å². The maximum absolute atomic E-state index is 5.89. The van der Waals surface area contributed by atoms with E-state index in [9.17, 15) is 0 Å². The second-order valence-electron chi connectivity index (χ2n) is 4.71. The average molecular weight is 221 g/mol. The molecule has 0 bridgehead atoms. The summed E-state index contributed by atoms with van der Waals surface area (Å²) < 4.78 is 5.77. The highest BCUT2D eigenvalue weighted by molar-refractivity contribution is 5.35. The molecule has 0 radical (unpaired) electrons. The van der Waals surface area contributed by atoms with Gasteiger partial charge in [-0.25, -0.2) is 0 Å². The van der Waals surface area contributed by atoms with E-state index in [1.165, 1.54) is 6.42 Å². The van der Waals surface area contributed by atoms with Gasteiger partial charge < -0.3 is 10.5 Å². The molecule has 0 aliphatic heterocycles. The summed E-state index contributed by atoms with van der Waals surface area (Å²) in [6.45, 7) is 7.23. The predicted octanol–water partition coefficient (Wildman–Crippen LogP) is 3.52. The molecule has 0 unspecified atom stereocenters. The summed E-state index contributed by atoms with van der Waals surface area (Å²) in [6.07, 6.45) is 2.31. The van der Waals surface area contributed by atoms with E-state index in [0.717, 1.165) is 30.3 Å². The number of para-hydroxylation sites is 1. The molecule has 0 aliphatic rings. The zero-order valence-electron chi connectivity index (χ0n) is 10.6. The van der Waals surface area contributed by atoms with Crippen LogP contribution in [-0.4, -0.2) is 6.61 Å². The first-order valence-corrected chi connectivity index (χ1v) is 6.08. The molecule has 16 heavy (non-hydrogen) atoms. The summed E-state index contributed by atoms with van der Waals surface area (Å²) in [5.41, 5.74) is 6.98. The average Bonchev–Trinajstić information content (AvgIpc) is 2.24. The Morgan fingerprint density at radius 2 is 1.88 bits per heavy atom. The van der Waals surface area contributed by atoms with Crippen LogP contribution in [-0.2, 0) is 0 Å². The minimum atomic E-state index is 0.0290. The first-order valence-electron chi connectivity index (χ1n) is 6.08. The Labute approximate surface area is 98.8 Å². The zero-order valence-corrected chi connectivity index (χ0v) is 10.6. The van der Waals surface area contributed by atoms with Gasteiger partial charge in [0, 0.05) is 11.6 Å². The molecule has 0 saturated carbocycles. The van der Waals surface area contributed by atoms with E-state index in [2.05, 4.69) is 13.8 Å². The lowest BCUT2D eigenvalue weighted by Gasteiger charge is -2.14. The standard InChI is InChI=1S/C14H23NO/c1-11(2)7-6-10-16-14-9-5-4-8-13(14)12(3)15/h4-5,8-9,11-12H,6-7,10,15H2,1-3H3/t12-/m0/s1. The van der Waals surface area contributed by atoms with Crippen molar-refractivity contribution >= 4 is 0 Å². The third kappa shape index (κ3) is 4.23. The molecule has 1 aromatic carbocycles. The summed E-state index contributed by atoms with van der Waals surface area (Å²) >= 11 is 0. The Kier molecular flexibility index (Phi) is 5.33. The van der Waals surface area contributed by atoms with E-state index in [1.54, 1.807) is 0 Å². The molecule has 90 valence electrons. The van der Waals surface area contributed by atoms with Crippen molar-refractivity contribution in [3.63, 3.8) is 0 Å². The van der Waals surface area contributed by atoms with Crippen LogP contribution < -0.4 is 10.5 Å². The SMILES string of the molecule is CC(C)CCCOc1ccccc1[C@H](C)N. The largest absolute Gasteiger partial charge is 0.493 e. The van der Waals surface area contributed by atoms with Crippen LogP contribution in [0.1, 0.15) is 45.2 Å². The molecule has 0 aliphatic carbocycles. The smallest absolute Gasteiger partial charge is 0.124 e. The van der Waals surface area contributed by atoms with Gasteiger partial charge in [-0.2, -0.15) is 0 Å². The number of hydrogen-bond acceptors (Lipinski definition) is 2. The van der Waals surface area contributed by atoms with Crippen molar-refractivity contribution in [3.05, 3.63) is 29.8 Å². The van der Waals surface area contributed by atoms with Crippen molar-refractivity contribution in [2.45, 2.75) is 39.7 Å². The van der Waals surface area contributed by atoms with Crippen molar-refractivity contribution in [1.82, 2.24) is 0 Å². The molecular formula is C14H23NO. The van der Waals surface area contributed by atoms with Gasteiger partial charge in [-0.05, 0) is 31.7 Å². The Hall–Kier alpha value is -1.02. The lowest BCUT2D eigenvalue weighted by atomic mass is 10.1. The van der Waals surface area contributed by atoms with Crippen LogP contribution in [0, 0.1) is 5.92 Å². The van der Waals surface area contributed by atoms with Gasteiger partial charge in [-0.15, -0.1) is 0 Å². The fraction of sp³-hybridized carbons (Fsp3) is 0.571. The van der Waals surface area contributed by atoms with Crippen molar-refractivity contribution < 1.29 is 4.74 Å². The molecule has 2 nitrogen and oxygen atoms in total. The molecule has 1 rings (SSSR count). The third-order valence-corrected chi connectivity index (χ3v) is 2.59. The molecular weight excluding hydrogens is 198 g/mol. The van der Waals surface area contributed by atoms with Gasteiger partial charge in [-0.3, -0.25) is 0 Å². The molecule has 1 atom stereocenters. The van der Waals surface area contributed by atoms with E-state index in [0.29, 0.717) is 0 Å². The summed E-state index contributed by atoms with van der Waals surface area (Å²) in [5.74, 6) is 1.67. The number of nitrogens with two attached hydrogens (primary N) is 1. The first-order chi connectivity index (χ1) is 7.61. The first kappa shape index (κ1) is 13.0. The summed E-state index contributed by atoms with van der Waals surface area (Å²) in [6, 6.07) is 8.04. The minimum absolute atomic E-state index is 0.0290. The van der Waals surface area contributed by atoms with E-state index in [-0.39, 0.29) is 6.04 Å². The van der Waals surface area contributed by atoms with Crippen LogP contribution in [0.3, 0.4) is 0 Å². The molecule has 0 fully saturated rings. The van der Waals surface area contributed by atoms with Gasteiger partial charge in [0.15, 0.2) is 0 Å². The maximum atomic E-state index is 5.89. The van der Waals surface area contributed by atoms with Crippen LogP contribution in [0.4, 0.5) is 0 Å². The second-order valence-corrected chi connectivity index (χ2v) is 4.71. The summed E-state index contributed by atoms with van der Waals surface area (Å²) in [4.78, 5) is 0. The van der Waals surface area contributed by atoms with Crippen molar-refractivity contribution in [1.29, 1.82) is 0 Å². The normalized spacial score (nSPS) is 12.8. The van der Waals surface area contributed by atoms with Crippen LogP contribution >= 0.6 is 0 Å². The van der Waals surface area contributed by atoms with Gasteiger partial charge in [-0.1, -0.05) is 32.0 Å². The Morgan fingerprint density at radius 3 is 2.50 bits per heavy atom. The number of ether oxygens (including phenoxy) is 1. The highest BCUT2D eigenvalue weighted by Crippen LogP contribution is 2.23. The van der Waals surface area contributed by atoms with Crippen LogP contribution in [0.5, 0.6) is 5.75 Å². The predicted molar refractivity (Wildman–Crippen MR) is 68.6 cm³/mol. The molecule has 1 aromatic rings. The monoisotopic (exact) mass is 221 g/mol. The summed E-state index contributed by atoms with van der Waals surface area (Å²) in [5, 5.41) is 0. The molecule has 0 amide bonds. The Morgan fingerprint density at radius 1 is 1.19 bits per heavy atom. The van der Waals surface area contributed by atoms with Crippen LogP contribution in [0.15, 0.2) is 24.3 Å². The second kappa shape index (κ2) is 6.54. The molecule has 2 N–H and O–H groups in total. The van der Waals surface area contributed by atoms with Crippen molar-refractivity contribution in [2.75, 3.05) is 6.61 Å². The van der Waals surface area contributed by atoms with E-state index in [1.807, 2.05) is 31.2 Å². The Balaban J connectivity index is 2.47. The number of benzene rings is 1. The lowest BCUT2D eigenvalue weighted by Crippen LogP contribution is -2.08. The van der Waals surface area contributed by atoms with Crippen molar-refractivity contribution in [3.8, 4) is 5.75 Å². The topological polar surface area (TPSA) is 35.2 Å². The lowest BCUT2D eigenvalue weighted by molar-refractivity contribution is 0.294. The zero-order chi connectivity index (χ0) is 12.0. The van der Waals surface area contributed by atoms with Crippen LogP contribution in [0.2, 0.25) is 0 Å². The quantitative estimate of drug-likeness (QED) is 0.746. The van der Waals surface area contributed by atoms with E-state index >= 15 is 0 Å². The van der Waals surface area contributed by atoms with Gasteiger partial charge in [0.25, 0.3) is 0 Å². The maximum Gasteiger partial charge on any atom is 0.124 e. The fourth-order valence-electron chi connectivity index (χ4n) is 1.66. The summed E-state index contributed by atoms with van der Waals surface area (Å²) in [7, 11) is 0. The van der Waals surface area contributed by atoms with Gasteiger partial charge in [0.2, 0.25) is 0 Å². The van der Waals surface area contributed by atoms with Gasteiger partial charge in [0.1, 0.15) is 5.75 Å². The fourth-order valence-corrected chi connectivity index (χ4v) is 1.66.